The van der Waals surface area contributed by atoms with Crippen molar-refractivity contribution < 1.29 is 9.21 Å². The number of hydrogen-bond donors (Lipinski definition) is 1. The van der Waals surface area contributed by atoms with Gasteiger partial charge >= 0.3 is 0 Å². The number of carbonyl (C=O) groups excluding carboxylic acids is 1. The number of rotatable bonds is 5. The predicted octanol–water partition coefficient (Wildman–Crippen LogP) is 2.90. The maximum absolute atomic E-state index is 12.0. The molecule has 20 heavy (non-hydrogen) atoms. The fraction of sp³-hybridized carbons (Fsp3) is 0.250. The lowest BCUT2D eigenvalue weighted by Gasteiger charge is -2.13. The third kappa shape index (κ3) is 3.72. The summed E-state index contributed by atoms with van der Waals surface area (Å²) < 4.78 is 5.26. The Labute approximate surface area is 118 Å². The summed E-state index contributed by atoms with van der Waals surface area (Å²) in [6.45, 7) is 1.95. The van der Waals surface area contributed by atoms with E-state index in [0.717, 1.165) is 18.6 Å². The molecule has 1 atom stereocenters. The van der Waals surface area contributed by atoms with Gasteiger partial charge in [0.2, 0.25) is 0 Å². The van der Waals surface area contributed by atoms with Gasteiger partial charge in [0.1, 0.15) is 5.76 Å². The summed E-state index contributed by atoms with van der Waals surface area (Å²) >= 11 is 0. The van der Waals surface area contributed by atoms with Crippen LogP contribution in [0.4, 0.5) is 0 Å². The molecule has 0 fully saturated rings. The summed E-state index contributed by atoms with van der Waals surface area (Å²) in [4.78, 5) is 12.0. The minimum Gasteiger partial charge on any atom is -0.469 e. The van der Waals surface area contributed by atoms with Crippen LogP contribution in [0.5, 0.6) is 0 Å². The van der Waals surface area contributed by atoms with Crippen LogP contribution in [0.25, 0.3) is 0 Å². The molecule has 0 aliphatic rings. The molecule has 0 unspecified atom stereocenters. The van der Waals surface area contributed by atoms with Crippen LogP contribution in [0.1, 0.15) is 35.0 Å². The summed E-state index contributed by atoms with van der Waals surface area (Å²) in [7, 11) is 0. The highest BCUT2D eigenvalue weighted by Crippen LogP contribution is 2.08. The van der Waals surface area contributed by atoms with E-state index in [0.29, 0.717) is 11.1 Å². The SMILES string of the molecule is C[C@H](CCc1ccco1)NC(=O)c1cccc(C#N)c1. The molecule has 0 bridgehead atoms. The van der Waals surface area contributed by atoms with Gasteiger partial charge in [0.15, 0.2) is 0 Å². The number of amides is 1. The van der Waals surface area contributed by atoms with Crippen LogP contribution >= 0.6 is 0 Å². The molecule has 1 aromatic heterocycles. The molecule has 1 amide bonds. The Morgan fingerprint density at radius 2 is 2.25 bits per heavy atom. The van der Waals surface area contributed by atoms with Crippen molar-refractivity contribution in [3.63, 3.8) is 0 Å². The van der Waals surface area contributed by atoms with E-state index in [2.05, 4.69) is 5.32 Å². The van der Waals surface area contributed by atoms with Gasteiger partial charge in [-0.25, -0.2) is 0 Å². The minimum atomic E-state index is -0.158. The second-order valence-electron chi connectivity index (χ2n) is 4.69. The van der Waals surface area contributed by atoms with E-state index in [1.165, 1.54) is 0 Å². The number of hydrogen-bond acceptors (Lipinski definition) is 3. The second kappa shape index (κ2) is 6.58. The van der Waals surface area contributed by atoms with Crippen molar-refractivity contribution >= 4 is 5.91 Å². The summed E-state index contributed by atoms with van der Waals surface area (Å²) in [5, 5.41) is 11.7. The van der Waals surface area contributed by atoms with Gasteiger partial charge in [0.25, 0.3) is 5.91 Å². The first kappa shape index (κ1) is 13.9. The first-order valence-electron chi connectivity index (χ1n) is 6.52. The molecule has 0 radical (unpaired) electrons. The minimum absolute atomic E-state index is 0.0401. The van der Waals surface area contributed by atoms with Gasteiger partial charge in [-0.1, -0.05) is 6.07 Å². The molecule has 4 heteroatoms. The molecule has 0 saturated heterocycles. The largest absolute Gasteiger partial charge is 0.469 e. The third-order valence-corrected chi connectivity index (χ3v) is 3.04. The van der Waals surface area contributed by atoms with Crippen molar-refractivity contribution in [3.8, 4) is 6.07 Å². The second-order valence-corrected chi connectivity index (χ2v) is 4.69. The molecule has 0 aliphatic heterocycles. The van der Waals surface area contributed by atoms with E-state index in [9.17, 15) is 4.79 Å². The lowest BCUT2D eigenvalue weighted by Crippen LogP contribution is -2.32. The van der Waals surface area contributed by atoms with E-state index < -0.39 is 0 Å². The van der Waals surface area contributed by atoms with Crippen LogP contribution in [0.15, 0.2) is 47.1 Å². The molecule has 1 aromatic carbocycles. The van der Waals surface area contributed by atoms with Crippen LogP contribution in [-0.2, 0) is 6.42 Å². The molecule has 102 valence electrons. The lowest BCUT2D eigenvalue weighted by molar-refractivity contribution is 0.0938. The molecule has 1 heterocycles. The highest BCUT2D eigenvalue weighted by molar-refractivity contribution is 5.94. The van der Waals surface area contributed by atoms with Crippen molar-refractivity contribution in [1.82, 2.24) is 5.32 Å². The average molecular weight is 268 g/mol. The molecule has 0 saturated carbocycles. The Balaban J connectivity index is 1.88. The Bertz CT molecular complexity index is 612. The highest BCUT2D eigenvalue weighted by Gasteiger charge is 2.10. The summed E-state index contributed by atoms with van der Waals surface area (Å²) in [5.41, 5.74) is 0.995. The standard InChI is InChI=1S/C16H16N2O2/c1-12(7-8-15-6-3-9-20-15)18-16(19)14-5-2-4-13(10-14)11-17/h2-6,9-10,12H,7-8H2,1H3,(H,18,19)/t12-/m1/s1. The van der Waals surface area contributed by atoms with Crippen molar-refractivity contribution in [2.75, 3.05) is 0 Å². The van der Waals surface area contributed by atoms with Crippen LogP contribution in [-0.4, -0.2) is 11.9 Å². The fourth-order valence-corrected chi connectivity index (χ4v) is 1.92. The number of furan rings is 1. The van der Waals surface area contributed by atoms with Crippen molar-refractivity contribution in [3.05, 3.63) is 59.5 Å². The molecular formula is C16H16N2O2. The monoisotopic (exact) mass is 268 g/mol. The van der Waals surface area contributed by atoms with E-state index >= 15 is 0 Å². The number of aryl methyl sites for hydroxylation is 1. The number of nitrogens with zero attached hydrogens (tertiary/aromatic N) is 1. The van der Waals surface area contributed by atoms with Crippen LogP contribution in [0.3, 0.4) is 0 Å². The van der Waals surface area contributed by atoms with Gasteiger partial charge < -0.3 is 9.73 Å². The zero-order valence-corrected chi connectivity index (χ0v) is 11.3. The van der Waals surface area contributed by atoms with E-state index in [1.54, 1.807) is 30.5 Å². The Hall–Kier alpha value is -2.54. The van der Waals surface area contributed by atoms with Gasteiger partial charge in [0, 0.05) is 18.0 Å². The van der Waals surface area contributed by atoms with Crippen LogP contribution in [0, 0.1) is 11.3 Å². The predicted molar refractivity (Wildman–Crippen MR) is 75.1 cm³/mol. The van der Waals surface area contributed by atoms with Crippen molar-refractivity contribution in [2.24, 2.45) is 0 Å². The van der Waals surface area contributed by atoms with Crippen LogP contribution in [0.2, 0.25) is 0 Å². The number of nitriles is 1. The van der Waals surface area contributed by atoms with Crippen LogP contribution < -0.4 is 5.32 Å². The van der Waals surface area contributed by atoms with Crippen molar-refractivity contribution in [1.29, 1.82) is 5.26 Å². The van der Waals surface area contributed by atoms with Gasteiger partial charge in [0.05, 0.1) is 17.9 Å². The molecule has 2 aromatic rings. The number of nitrogens with one attached hydrogen (secondary N) is 1. The van der Waals surface area contributed by atoms with E-state index in [1.807, 2.05) is 25.1 Å². The number of carbonyl (C=O) groups is 1. The molecule has 0 aliphatic carbocycles. The third-order valence-electron chi connectivity index (χ3n) is 3.04. The molecule has 1 N–H and O–H groups in total. The Kier molecular flexibility index (Phi) is 4.56. The van der Waals surface area contributed by atoms with Gasteiger partial charge in [-0.15, -0.1) is 0 Å². The molecular weight excluding hydrogens is 252 g/mol. The zero-order valence-electron chi connectivity index (χ0n) is 11.3. The number of benzene rings is 1. The molecule has 2 rings (SSSR count). The smallest absolute Gasteiger partial charge is 0.251 e. The van der Waals surface area contributed by atoms with E-state index in [-0.39, 0.29) is 11.9 Å². The summed E-state index contributed by atoms with van der Waals surface area (Å²) in [5.74, 6) is 0.756. The molecule has 0 spiro atoms. The zero-order chi connectivity index (χ0) is 14.4. The highest BCUT2D eigenvalue weighted by atomic mass is 16.3. The first-order valence-corrected chi connectivity index (χ1v) is 6.52. The topological polar surface area (TPSA) is 66.0 Å². The molecule has 4 nitrogen and oxygen atoms in total. The Morgan fingerprint density at radius 3 is 2.95 bits per heavy atom. The fourth-order valence-electron chi connectivity index (χ4n) is 1.92. The average Bonchev–Trinajstić information content (AvgIpc) is 2.98. The van der Waals surface area contributed by atoms with Gasteiger partial charge in [-0.3, -0.25) is 4.79 Å². The quantitative estimate of drug-likeness (QED) is 0.906. The Morgan fingerprint density at radius 1 is 1.40 bits per heavy atom. The van der Waals surface area contributed by atoms with Gasteiger partial charge in [-0.2, -0.15) is 5.26 Å². The van der Waals surface area contributed by atoms with Crippen molar-refractivity contribution in [2.45, 2.75) is 25.8 Å². The first-order chi connectivity index (χ1) is 9.69. The maximum Gasteiger partial charge on any atom is 0.251 e. The maximum atomic E-state index is 12.0. The van der Waals surface area contributed by atoms with Gasteiger partial charge in [-0.05, 0) is 43.7 Å². The summed E-state index contributed by atoms with van der Waals surface area (Å²) in [6.07, 6.45) is 3.23. The normalized spacial score (nSPS) is 11.6. The van der Waals surface area contributed by atoms with E-state index in [4.69, 9.17) is 9.68 Å². The lowest BCUT2D eigenvalue weighted by atomic mass is 10.1. The summed E-state index contributed by atoms with van der Waals surface area (Å²) in [6, 6.07) is 12.5.